The molecule has 1 aromatic rings. The summed E-state index contributed by atoms with van der Waals surface area (Å²) in [5, 5.41) is 9.72. The van der Waals surface area contributed by atoms with E-state index in [2.05, 4.69) is 0 Å². The number of anilines is 1. The van der Waals surface area contributed by atoms with E-state index in [-0.39, 0.29) is 29.4 Å². The lowest BCUT2D eigenvalue weighted by molar-refractivity contribution is -0.141. The van der Waals surface area contributed by atoms with Gasteiger partial charge in [0.25, 0.3) is 0 Å². The highest BCUT2D eigenvalue weighted by Gasteiger charge is 2.61. The molecule has 1 aromatic carbocycles. The van der Waals surface area contributed by atoms with Crippen LogP contribution in [0.4, 0.5) is 5.69 Å². The van der Waals surface area contributed by atoms with Crippen molar-refractivity contribution in [3.63, 3.8) is 0 Å². The van der Waals surface area contributed by atoms with Crippen molar-refractivity contribution in [2.45, 2.75) is 19.3 Å². The average Bonchev–Trinajstić information content (AvgIpc) is 2.79. The molecule has 0 unspecified atom stereocenters. The van der Waals surface area contributed by atoms with Crippen molar-refractivity contribution in [2.24, 2.45) is 5.73 Å². The number of carbonyl (C=O) groups is 2. The number of nitrogens with two attached hydrogens (primary N) is 1. The Balaban J connectivity index is 2.43. The molecule has 1 spiro atoms. The topological polar surface area (TPSA) is 106 Å². The van der Waals surface area contributed by atoms with Gasteiger partial charge >= 0.3 is 5.97 Å². The van der Waals surface area contributed by atoms with Crippen LogP contribution in [0, 0.1) is 11.3 Å². The van der Waals surface area contributed by atoms with Crippen LogP contribution in [0.15, 0.2) is 47.1 Å². The number of para-hydroxylation sites is 1. The fraction of sp³-hybridized carbons (Fsp3) is 0.278. The van der Waals surface area contributed by atoms with Crippen molar-refractivity contribution < 1.29 is 19.1 Å². The predicted molar refractivity (Wildman–Crippen MR) is 88.8 cm³/mol. The zero-order valence-corrected chi connectivity index (χ0v) is 14.1. The quantitative estimate of drug-likeness (QED) is 0.818. The second-order valence-electron chi connectivity index (χ2n) is 5.74. The van der Waals surface area contributed by atoms with Crippen molar-refractivity contribution in [3.8, 4) is 6.07 Å². The third-order valence-corrected chi connectivity index (χ3v) is 4.50. The van der Waals surface area contributed by atoms with Gasteiger partial charge in [0.2, 0.25) is 11.8 Å². The molecule has 0 saturated heterocycles. The van der Waals surface area contributed by atoms with Gasteiger partial charge in [-0.2, -0.15) is 5.26 Å². The smallest absolute Gasteiger partial charge is 0.339 e. The molecule has 2 aliphatic heterocycles. The molecule has 0 bridgehead atoms. The number of fused-ring (bicyclic) bond motifs is 2. The Hall–Kier alpha value is -3.27. The first-order valence-electron chi connectivity index (χ1n) is 7.75. The number of hydrogen-bond donors (Lipinski definition) is 1. The molecule has 128 valence electrons. The molecule has 0 aliphatic carbocycles. The van der Waals surface area contributed by atoms with Crippen LogP contribution in [-0.2, 0) is 24.5 Å². The maximum Gasteiger partial charge on any atom is 0.339 e. The second-order valence-corrected chi connectivity index (χ2v) is 5.74. The van der Waals surface area contributed by atoms with Crippen LogP contribution in [0.25, 0.3) is 0 Å². The van der Waals surface area contributed by atoms with E-state index in [0.717, 1.165) is 0 Å². The Labute approximate surface area is 144 Å². The Kier molecular flexibility index (Phi) is 3.76. The van der Waals surface area contributed by atoms with Crippen molar-refractivity contribution >= 4 is 17.6 Å². The minimum absolute atomic E-state index is 0.0121. The molecule has 1 atom stereocenters. The fourth-order valence-corrected chi connectivity index (χ4v) is 3.52. The molecule has 7 nitrogen and oxygen atoms in total. The maximum absolute atomic E-state index is 13.3. The van der Waals surface area contributed by atoms with Crippen LogP contribution in [0.5, 0.6) is 0 Å². The monoisotopic (exact) mass is 339 g/mol. The molecule has 3 rings (SSSR count). The number of esters is 1. The van der Waals surface area contributed by atoms with E-state index in [4.69, 9.17) is 15.2 Å². The lowest BCUT2D eigenvalue weighted by Gasteiger charge is -2.34. The highest BCUT2D eigenvalue weighted by molar-refractivity contribution is 6.18. The first kappa shape index (κ1) is 16.6. The number of nitrogens with zero attached hydrogens (tertiary/aromatic N) is 2. The zero-order chi connectivity index (χ0) is 18.4. The van der Waals surface area contributed by atoms with Crippen molar-refractivity contribution in [3.05, 3.63) is 52.6 Å². The summed E-state index contributed by atoms with van der Waals surface area (Å²) in [6, 6.07) is 8.94. The highest BCUT2D eigenvalue weighted by atomic mass is 16.5. The zero-order valence-electron chi connectivity index (χ0n) is 14.1. The number of benzene rings is 1. The highest BCUT2D eigenvalue weighted by Crippen LogP contribution is 2.53. The van der Waals surface area contributed by atoms with E-state index in [1.807, 2.05) is 6.07 Å². The standard InChI is InChI=1S/C18H17N3O4/c1-4-24-16(22)14-10(2)25-15(20)12(9-19)18(14)11-7-5-6-8-13(11)21(3)17(18)23/h5-8H,4,20H2,1-3H3/t18-/m1/s1. The van der Waals surface area contributed by atoms with E-state index >= 15 is 0 Å². The van der Waals surface area contributed by atoms with E-state index in [1.165, 1.54) is 11.8 Å². The van der Waals surface area contributed by atoms with Gasteiger partial charge in [0.1, 0.15) is 23.0 Å². The van der Waals surface area contributed by atoms with Gasteiger partial charge in [-0.1, -0.05) is 18.2 Å². The Morgan fingerprint density at radius 1 is 1.44 bits per heavy atom. The van der Waals surface area contributed by atoms with Gasteiger partial charge < -0.3 is 20.1 Å². The molecule has 2 heterocycles. The Morgan fingerprint density at radius 2 is 2.12 bits per heavy atom. The summed E-state index contributed by atoms with van der Waals surface area (Å²) in [6.07, 6.45) is 0. The van der Waals surface area contributed by atoms with E-state index in [1.54, 1.807) is 38.2 Å². The summed E-state index contributed by atoms with van der Waals surface area (Å²) in [7, 11) is 1.59. The van der Waals surface area contributed by atoms with Crippen LogP contribution in [0.1, 0.15) is 19.4 Å². The van der Waals surface area contributed by atoms with Gasteiger partial charge in [-0.25, -0.2) is 4.79 Å². The van der Waals surface area contributed by atoms with Gasteiger partial charge in [-0.05, 0) is 19.9 Å². The number of rotatable bonds is 2. The predicted octanol–water partition coefficient (Wildman–Crippen LogP) is 1.46. The molecule has 7 heteroatoms. The third kappa shape index (κ3) is 1.97. The molecule has 1 amide bonds. The summed E-state index contributed by atoms with van der Waals surface area (Å²) in [4.78, 5) is 27.4. The van der Waals surface area contributed by atoms with Gasteiger partial charge in [0.05, 0.1) is 6.61 Å². The molecule has 0 radical (unpaired) electrons. The van der Waals surface area contributed by atoms with Gasteiger partial charge in [-0.15, -0.1) is 0 Å². The van der Waals surface area contributed by atoms with Gasteiger partial charge in [0, 0.05) is 18.3 Å². The van der Waals surface area contributed by atoms with Crippen molar-refractivity contribution in [1.29, 1.82) is 5.26 Å². The SMILES string of the molecule is CCOC(=O)C1=C(C)OC(N)=C(C#N)[C@@]12C(=O)N(C)c1ccccc12. The molecule has 0 fully saturated rings. The Morgan fingerprint density at radius 3 is 2.76 bits per heavy atom. The molecule has 2 aliphatic rings. The number of allylic oxidation sites excluding steroid dienone is 1. The largest absolute Gasteiger partial charge is 0.462 e. The number of carbonyl (C=O) groups excluding carboxylic acids is 2. The van der Waals surface area contributed by atoms with Crippen LogP contribution < -0.4 is 10.6 Å². The first-order chi connectivity index (χ1) is 11.9. The van der Waals surface area contributed by atoms with Crippen LogP contribution in [0.3, 0.4) is 0 Å². The molecular formula is C18H17N3O4. The van der Waals surface area contributed by atoms with E-state index in [0.29, 0.717) is 11.3 Å². The van der Waals surface area contributed by atoms with Crippen LogP contribution in [0.2, 0.25) is 0 Å². The fourth-order valence-electron chi connectivity index (χ4n) is 3.52. The number of likely N-dealkylation sites (N-methyl/N-ethyl adjacent to an activating group) is 1. The minimum Gasteiger partial charge on any atom is -0.462 e. The summed E-state index contributed by atoms with van der Waals surface area (Å²) < 4.78 is 10.5. The number of hydrogen-bond acceptors (Lipinski definition) is 6. The number of amides is 1. The Bertz CT molecular complexity index is 894. The van der Waals surface area contributed by atoms with Crippen LogP contribution >= 0.6 is 0 Å². The summed E-state index contributed by atoms with van der Waals surface area (Å²) >= 11 is 0. The van der Waals surface area contributed by atoms with Crippen molar-refractivity contribution in [1.82, 2.24) is 0 Å². The molecule has 2 N–H and O–H groups in total. The average molecular weight is 339 g/mol. The van der Waals surface area contributed by atoms with Crippen LogP contribution in [-0.4, -0.2) is 25.5 Å². The lowest BCUT2D eigenvalue weighted by atomic mass is 9.68. The molecule has 25 heavy (non-hydrogen) atoms. The molecule has 0 aromatic heterocycles. The normalized spacial score (nSPS) is 22.0. The van der Waals surface area contributed by atoms with Gasteiger partial charge in [-0.3, -0.25) is 4.79 Å². The number of nitriles is 1. The lowest BCUT2D eigenvalue weighted by Crippen LogP contribution is -2.47. The molecular weight excluding hydrogens is 322 g/mol. The van der Waals surface area contributed by atoms with Gasteiger partial charge in [0.15, 0.2) is 5.41 Å². The number of ether oxygens (including phenoxy) is 2. The maximum atomic E-state index is 13.3. The summed E-state index contributed by atoms with van der Waals surface area (Å²) in [5.74, 6) is -1.20. The second kappa shape index (κ2) is 5.67. The third-order valence-electron chi connectivity index (χ3n) is 4.50. The summed E-state index contributed by atoms with van der Waals surface area (Å²) in [6.45, 7) is 3.32. The van der Waals surface area contributed by atoms with E-state index in [9.17, 15) is 14.9 Å². The minimum atomic E-state index is -1.65. The molecule has 0 saturated carbocycles. The summed E-state index contributed by atoms with van der Waals surface area (Å²) in [5.41, 5.74) is 5.25. The first-order valence-corrected chi connectivity index (χ1v) is 7.75. The van der Waals surface area contributed by atoms with Crippen molar-refractivity contribution in [2.75, 3.05) is 18.6 Å². The van der Waals surface area contributed by atoms with E-state index < -0.39 is 17.3 Å².